The van der Waals surface area contributed by atoms with E-state index in [-0.39, 0.29) is 0 Å². The van der Waals surface area contributed by atoms with Crippen molar-refractivity contribution in [3.05, 3.63) is 78.9 Å². The van der Waals surface area contributed by atoms with Crippen LogP contribution in [-0.4, -0.2) is 27.1 Å². The Bertz CT molecular complexity index is 1020. The number of para-hydroxylation sites is 1. The van der Waals surface area contributed by atoms with Gasteiger partial charge in [0.1, 0.15) is 0 Å². The van der Waals surface area contributed by atoms with E-state index in [4.69, 9.17) is 4.98 Å². The van der Waals surface area contributed by atoms with Crippen molar-refractivity contribution in [2.45, 2.75) is 0 Å². The lowest BCUT2D eigenvalue weighted by molar-refractivity contribution is 0.426. The number of benzene rings is 3. The van der Waals surface area contributed by atoms with Gasteiger partial charge in [0.2, 0.25) is 0 Å². The van der Waals surface area contributed by atoms with E-state index in [0.29, 0.717) is 11.3 Å². The number of aromatic nitrogens is 2. The van der Waals surface area contributed by atoms with Crippen molar-refractivity contribution in [2.24, 2.45) is 0 Å². The van der Waals surface area contributed by atoms with Gasteiger partial charge in [0, 0.05) is 16.5 Å². The van der Waals surface area contributed by atoms with Gasteiger partial charge in [0.25, 0.3) is 0 Å². The predicted molar refractivity (Wildman–Crippen MR) is 100 cm³/mol. The molecule has 5 heteroatoms. The van der Waals surface area contributed by atoms with Crippen molar-refractivity contribution in [1.82, 2.24) is 9.97 Å². The molecule has 120 valence electrons. The van der Waals surface area contributed by atoms with Crippen molar-refractivity contribution in [3.8, 4) is 22.6 Å². The molecule has 0 atom stereocenters. The van der Waals surface area contributed by atoms with Gasteiger partial charge in [-0.15, -0.1) is 0 Å². The highest BCUT2D eigenvalue weighted by atomic mass is 16.4. The Hall–Kier alpha value is -3.02. The molecular weight excluding hydrogens is 311 g/mol. The molecule has 0 aliphatic heterocycles. The summed E-state index contributed by atoms with van der Waals surface area (Å²) in [5.74, 6) is 0.667. The largest absolute Gasteiger partial charge is 0.488 e. The topological polar surface area (TPSA) is 66.2 Å². The fraction of sp³-hybridized carbons (Fsp3) is 0. The molecule has 0 fully saturated rings. The molecule has 4 nitrogen and oxygen atoms in total. The van der Waals surface area contributed by atoms with Gasteiger partial charge in [0.05, 0.1) is 11.2 Å². The van der Waals surface area contributed by atoms with E-state index < -0.39 is 7.12 Å². The highest BCUT2D eigenvalue weighted by molar-refractivity contribution is 6.58. The van der Waals surface area contributed by atoms with Crippen LogP contribution in [0.25, 0.3) is 33.5 Å². The number of hydrogen-bond donors (Lipinski definition) is 2. The first-order chi connectivity index (χ1) is 12.2. The van der Waals surface area contributed by atoms with E-state index in [2.05, 4.69) is 4.98 Å². The predicted octanol–water partition coefficient (Wildman–Crippen LogP) is 2.64. The van der Waals surface area contributed by atoms with Gasteiger partial charge in [-0.3, -0.25) is 0 Å². The van der Waals surface area contributed by atoms with Crippen molar-refractivity contribution < 1.29 is 10.0 Å². The maximum atomic E-state index is 9.28. The third-order valence-electron chi connectivity index (χ3n) is 4.12. The zero-order valence-electron chi connectivity index (χ0n) is 13.4. The SMILES string of the molecule is OB(O)c1ccc(-c2nc(-c3ccccc3)nc3ccccc23)cc1. The second-order valence-corrected chi connectivity index (χ2v) is 5.77. The Kier molecular flexibility index (Phi) is 4.02. The second-order valence-electron chi connectivity index (χ2n) is 5.77. The normalized spacial score (nSPS) is 10.8. The summed E-state index contributed by atoms with van der Waals surface area (Å²) in [6, 6.07) is 24.8. The van der Waals surface area contributed by atoms with Gasteiger partial charge >= 0.3 is 7.12 Å². The van der Waals surface area contributed by atoms with Crippen LogP contribution in [-0.2, 0) is 0 Å². The molecular formula is C20H15BN2O2. The molecule has 1 heterocycles. The molecule has 4 aromatic rings. The third-order valence-corrected chi connectivity index (χ3v) is 4.12. The number of hydrogen-bond acceptors (Lipinski definition) is 4. The van der Waals surface area contributed by atoms with Gasteiger partial charge in [-0.2, -0.15) is 0 Å². The van der Waals surface area contributed by atoms with Crippen LogP contribution in [0.5, 0.6) is 0 Å². The number of fused-ring (bicyclic) bond motifs is 1. The summed E-state index contributed by atoms with van der Waals surface area (Å²) < 4.78 is 0. The minimum absolute atomic E-state index is 0.449. The Morgan fingerprint density at radius 1 is 0.640 bits per heavy atom. The van der Waals surface area contributed by atoms with E-state index in [1.54, 1.807) is 12.1 Å². The fourth-order valence-electron chi connectivity index (χ4n) is 2.83. The third kappa shape index (κ3) is 3.03. The number of rotatable bonds is 3. The average molecular weight is 326 g/mol. The van der Waals surface area contributed by atoms with E-state index in [0.717, 1.165) is 27.7 Å². The molecule has 0 saturated heterocycles. The Labute approximate surface area is 145 Å². The average Bonchev–Trinajstić information content (AvgIpc) is 2.68. The van der Waals surface area contributed by atoms with E-state index in [1.807, 2.05) is 66.7 Å². The standard InChI is InChI=1S/C20H15BN2O2/c24-21(25)16-12-10-14(11-13-16)19-17-8-4-5-9-18(17)22-20(23-19)15-6-2-1-3-7-15/h1-13,24-25H. The van der Waals surface area contributed by atoms with Crippen molar-refractivity contribution in [3.63, 3.8) is 0 Å². The molecule has 0 aliphatic rings. The second kappa shape index (κ2) is 6.47. The first kappa shape index (κ1) is 15.5. The molecule has 0 unspecified atom stereocenters. The maximum absolute atomic E-state index is 9.28. The molecule has 3 aromatic carbocycles. The lowest BCUT2D eigenvalue weighted by Gasteiger charge is -2.10. The maximum Gasteiger partial charge on any atom is 0.488 e. The molecule has 0 saturated carbocycles. The molecule has 0 aliphatic carbocycles. The first-order valence-electron chi connectivity index (χ1n) is 8.01. The van der Waals surface area contributed by atoms with Crippen LogP contribution >= 0.6 is 0 Å². The fourth-order valence-corrected chi connectivity index (χ4v) is 2.83. The Balaban J connectivity index is 1.92. The van der Waals surface area contributed by atoms with Crippen molar-refractivity contribution in [2.75, 3.05) is 0 Å². The summed E-state index contributed by atoms with van der Waals surface area (Å²) in [7, 11) is -1.48. The lowest BCUT2D eigenvalue weighted by atomic mass is 9.80. The molecule has 4 rings (SSSR count). The van der Waals surface area contributed by atoms with E-state index in [1.165, 1.54) is 0 Å². The monoisotopic (exact) mass is 326 g/mol. The molecule has 0 amide bonds. The molecule has 0 radical (unpaired) electrons. The molecule has 0 bridgehead atoms. The van der Waals surface area contributed by atoms with Crippen LogP contribution in [0.4, 0.5) is 0 Å². The lowest BCUT2D eigenvalue weighted by Crippen LogP contribution is -2.29. The van der Waals surface area contributed by atoms with Gasteiger partial charge in [-0.1, -0.05) is 72.8 Å². The van der Waals surface area contributed by atoms with Gasteiger partial charge < -0.3 is 10.0 Å². The van der Waals surface area contributed by atoms with Crippen LogP contribution in [0.2, 0.25) is 0 Å². The molecule has 2 N–H and O–H groups in total. The summed E-state index contributed by atoms with van der Waals surface area (Å²) in [5.41, 5.74) is 4.00. The summed E-state index contributed by atoms with van der Waals surface area (Å²) in [5, 5.41) is 19.5. The Morgan fingerprint density at radius 3 is 2.04 bits per heavy atom. The summed E-state index contributed by atoms with van der Waals surface area (Å²) in [6.07, 6.45) is 0. The highest BCUT2D eigenvalue weighted by Crippen LogP contribution is 2.28. The van der Waals surface area contributed by atoms with Crippen molar-refractivity contribution in [1.29, 1.82) is 0 Å². The smallest absolute Gasteiger partial charge is 0.423 e. The summed E-state index contributed by atoms with van der Waals surface area (Å²) in [4.78, 5) is 9.47. The molecule has 25 heavy (non-hydrogen) atoms. The minimum atomic E-state index is -1.48. The first-order valence-corrected chi connectivity index (χ1v) is 8.01. The zero-order chi connectivity index (χ0) is 17.2. The van der Waals surface area contributed by atoms with Crippen LogP contribution in [0.1, 0.15) is 0 Å². The van der Waals surface area contributed by atoms with Crippen LogP contribution < -0.4 is 5.46 Å². The molecule has 0 spiro atoms. The summed E-state index contributed by atoms with van der Waals surface area (Å²) >= 11 is 0. The van der Waals surface area contributed by atoms with Gasteiger partial charge in [-0.05, 0) is 11.5 Å². The van der Waals surface area contributed by atoms with Crippen molar-refractivity contribution >= 4 is 23.5 Å². The van der Waals surface area contributed by atoms with Gasteiger partial charge in [0.15, 0.2) is 5.82 Å². The minimum Gasteiger partial charge on any atom is -0.423 e. The molecule has 1 aromatic heterocycles. The van der Waals surface area contributed by atoms with E-state index >= 15 is 0 Å². The van der Waals surface area contributed by atoms with Gasteiger partial charge in [-0.25, -0.2) is 9.97 Å². The highest BCUT2D eigenvalue weighted by Gasteiger charge is 2.13. The zero-order valence-corrected chi connectivity index (χ0v) is 13.4. The Morgan fingerprint density at radius 2 is 1.32 bits per heavy atom. The number of nitrogens with zero attached hydrogens (tertiary/aromatic N) is 2. The summed E-state index contributed by atoms with van der Waals surface area (Å²) in [6.45, 7) is 0. The van der Waals surface area contributed by atoms with Crippen LogP contribution in [0.3, 0.4) is 0 Å². The quantitative estimate of drug-likeness (QED) is 0.568. The van der Waals surface area contributed by atoms with Crippen LogP contribution in [0.15, 0.2) is 78.9 Å². The van der Waals surface area contributed by atoms with E-state index in [9.17, 15) is 10.0 Å². The van der Waals surface area contributed by atoms with Crippen LogP contribution in [0, 0.1) is 0 Å².